The van der Waals surface area contributed by atoms with Crippen molar-refractivity contribution in [2.75, 3.05) is 12.4 Å². The van der Waals surface area contributed by atoms with Gasteiger partial charge >= 0.3 is 6.18 Å². The summed E-state index contributed by atoms with van der Waals surface area (Å²) in [6.07, 6.45) is -4.56. The Hall–Kier alpha value is -0.560. The monoisotopic (exact) mass is 388 g/mol. The predicted octanol–water partition coefficient (Wildman–Crippen LogP) is 4.06. The molecule has 0 heterocycles. The highest BCUT2D eigenvalue weighted by molar-refractivity contribution is 9.12. The van der Waals surface area contributed by atoms with Gasteiger partial charge in [-0.25, -0.2) is 0 Å². The number of ketones is 1. The summed E-state index contributed by atoms with van der Waals surface area (Å²) >= 11 is 6.16. The van der Waals surface area contributed by atoms with E-state index in [2.05, 4.69) is 36.6 Å². The number of Topliss-reactive ketones (excluding diaryl/α,β-unsaturated/α-hetero) is 1. The molecule has 0 radical (unpaired) electrons. The summed E-state index contributed by atoms with van der Waals surface area (Å²) in [6, 6.07) is 3.26. The Labute approximate surface area is 119 Å². The van der Waals surface area contributed by atoms with Crippen molar-refractivity contribution < 1.29 is 22.7 Å². The molecular formula is C11H9Br2F3O2. The molecule has 1 aromatic carbocycles. The van der Waals surface area contributed by atoms with Gasteiger partial charge in [-0.2, -0.15) is 13.2 Å². The lowest BCUT2D eigenvalue weighted by molar-refractivity contribution is -0.138. The van der Waals surface area contributed by atoms with E-state index in [1.165, 1.54) is 6.07 Å². The van der Waals surface area contributed by atoms with Gasteiger partial charge < -0.3 is 4.74 Å². The summed E-state index contributed by atoms with van der Waals surface area (Å²) in [5.74, 6) is -0.718. The van der Waals surface area contributed by atoms with Crippen LogP contribution in [-0.4, -0.2) is 23.1 Å². The van der Waals surface area contributed by atoms with Gasteiger partial charge in [0, 0.05) is 10.9 Å². The second-order valence-corrected chi connectivity index (χ2v) is 5.15. The number of carbonyl (C=O) groups excluding carboxylic acids is 1. The van der Waals surface area contributed by atoms with Crippen LogP contribution >= 0.6 is 31.9 Å². The molecule has 0 N–H and O–H groups in total. The first-order chi connectivity index (χ1) is 8.31. The Kier molecular flexibility index (Phi) is 5.21. The zero-order valence-electron chi connectivity index (χ0n) is 9.22. The number of methoxy groups -OCH3 is 1. The van der Waals surface area contributed by atoms with Crippen LogP contribution in [0.25, 0.3) is 0 Å². The number of carbonyl (C=O) groups is 1. The van der Waals surface area contributed by atoms with Crippen LogP contribution in [0.3, 0.4) is 0 Å². The average molecular weight is 390 g/mol. The van der Waals surface area contributed by atoms with Crippen LogP contribution in [-0.2, 0) is 6.18 Å². The van der Waals surface area contributed by atoms with Crippen LogP contribution in [0.2, 0.25) is 0 Å². The maximum Gasteiger partial charge on any atom is 0.419 e. The molecule has 18 heavy (non-hydrogen) atoms. The normalized spacial score (nSPS) is 13.2. The van der Waals surface area contributed by atoms with Gasteiger partial charge in [0.1, 0.15) is 5.75 Å². The van der Waals surface area contributed by atoms with Crippen molar-refractivity contribution in [3.05, 3.63) is 29.3 Å². The van der Waals surface area contributed by atoms with E-state index < -0.39 is 22.4 Å². The quantitative estimate of drug-likeness (QED) is 0.573. The molecule has 0 saturated carbocycles. The molecule has 0 bridgehead atoms. The van der Waals surface area contributed by atoms with Crippen molar-refractivity contribution in [3.63, 3.8) is 0 Å². The van der Waals surface area contributed by atoms with Gasteiger partial charge in [0.25, 0.3) is 0 Å². The van der Waals surface area contributed by atoms with E-state index in [1.807, 2.05) is 0 Å². The van der Waals surface area contributed by atoms with Gasteiger partial charge in [-0.05, 0) is 18.2 Å². The third-order valence-corrected chi connectivity index (χ3v) is 4.47. The molecule has 1 aromatic rings. The Morgan fingerprint density at radius 2 is 2.06 bits per heavy atom. The molecule has 0 aliphatic carbocycles. The van der Waals surface area contributed by atoms with Crippen LogP contribution in [0, 0.1) is 0 Å². The molecule has 0 aliphatic rings. The third-order valence-electron chi connectivity index (χ3n) is 2.21. The fourth-order valence-electron chi connectivity index (χ4n) is 1.33. The number of alkyl halides is 5. The minimum atomic E-state index is -4.56. The van der Waals surface area contributed by atoms with Crippen LogP contribution in [0.4, 0.5) is 13.2 Å². The topological polar surface area (TPSA) is 26.3 Å². The van der Waals surface area contributed by atoms with Crippen molar-refractivity contribution in [1.82, 2.24) is 0 Å². The van der Waals surface area contributed by atoms with Gasteiger partial charge in [0.2, 0.25) is 0 Å². The minimum absolute atomic E-state index is 0.00977. The smallest absolute Gasteiger partial charge is 0.419 e. The first kappa shape index (κ1) is 15.5. The van der Waals surface area contributed by atoms with Crippen molar-refractivity contribution in [2.24, 2.45) is 0 Å². The molecule has 0 aliphatic heterocycles. The molecule has 0 spiro atoms. The number of halogens is 5. The van der Waals surface area contributed by atoms with Crippen molar-refractivity contribution in [1.29, 1.82) is 0 Å². The summed E-state index contributed by atoms with van der Waals surface area (Å²) in [7, 11) is 1.15. The fourth-order valence-corrected chi connectivity index (χ4v) is 1.89. The molecule has 1 rings (SSSR count). The van der Waals surface area contributed by atoms with Gasteiger partial charge in [-0.1, -0.05) is 31.9 Å². The number of benzene rings is 1. The molecular weight excluding hydrogens is 381 g/mol. The van der Waals surface area contributed by atoms with E-state index in [-0.39, 0.29) is 11.3 Å². The van der Waals surface area contributed by atoms with Crippen molar-refractivity contribution >= 4 is 37.6 Å². The first-order valence-electron chi connectivity index (χ1n) is 4.80. The van der Waals surface area contributed by atoms with Gasteiger partial charge in [0.05, 0.1) is 17.5 Å². The highest BCUT2D eigenvalue weighted by Crippen LogP contribution is 2.37. The summed E-state index contributed by atoms with van der Waals surface area (Å²) < 4.78 is 42.9. The van der Waals surface area contributed by atoms with Gasteiger partial charge in [0.15, 0.2) is 5.78 Å². The van der Waals surface area contributed by atoms with E-state index >= 15 is 0 Å². The molecule has 100 valence electrons. The van der Waals surface area contributed by atoms with Gasteiger partial charge in [-0.15, -0.1) is 0 Å². The Bertz CT molecular complexity index is 446. The zero-order valence-corrected chi connectivity index (χ0v) is 12.4. The fraction of sp³-hybridized carbons (Fsp3) is 0.364. The Morgan fingerprint density at radius 3 is 2.50 bits per heavy atom. The standard InChI is InChI=1S/C11H9Br2F3O2/c1-18-9-3-2-6(10(17)8(13)5-12)4-7(9)11(14,15)16/h2-4,8H,5H2,1H3. The minimum Gasteiger partial charge on any atom is -0.496 e. The molecule has 7 heteroatoms. The van der Waals surface area contributed by atoms with Crippen LogP contribution < -0.4 is 4.74 Å². The average Bonchev–Trinajstić information content (AvgIpc) is 2.35. The molecule has 0 saturated heterocycles. The SMILES string of the molecule is COc1ccc(C(=O)C(Br)CBr)cc1C(F)(F)F. The van der Waals surface area contributed by atoms with E-state index in [1.54, 1.807) is 0 Å². The molecule has 0 amide bonds. The molecule has 0 aromatic heterocycles. The summed E-state index contributed by atoms with van der Waals surface area (Å²) in [6.45, 7) is 0. The highest BCUT2D eigenvalue weighted by Gasteiger charge is 2.35. The molecule has 1 atom stereocenters. The lowest BCUT2D eigenvalue weighted by Gasteiger charge is -2.13. The third kappa shape index (κ3) is 3.47. The number of rotatable bonds is 4. The lowest BCUT2D eigenvalue weighted by atomic mass is 10.0. The lowest BCUT2D eigenvalue weighted by Crippen LogP contribution is -2.17. The second-order valence-electron chi connectivity index (χ2n) is 3.40. The molecule has 2 nitrogen and oxygen atoms in total. The van der Waals surface area contributed by atoms with Crippen molar-refractivity contribution in [3.8, 4) is 5.75 Å². The maximum absolute atomic E-state index is 12.7. The molecule has 1 unspecified atom stereocenters. The molecule has 0 fully saturated rings. The first-order valence-corrected chi connectivity index (χ1v) is 6.84. The maximum atomic E-state index is 12.7. The Balaban J connectivity index is 3.23. The number of hydrogen-bond donors (Lipinski definition) is 0. The largest absolute Gasteiger partial charge is 0.496 e. The van der Waals surface area contributed by atoms with E-state index in [9.17, 15) is 18.0 Å². The highest BCUT2D eigenvalue weighted by atomic mass is 79.9. The van der Waals surface area contributed by atoms with E-state index in [4.69, 9.17) is 0 Å². The van der Waals surface area contributed by atoms with Crippen molar-refractivity contribution in [2.45, 2.75) is 11.0 Å². The summed E-state index contributed by atoms with van der Waals surface area (Å²) in [5.41, 5.74) is -0.963. The number of ether oxygens (including phenoxy) is 1. The van der Waals surface area contributed by atoms with Gasteiger partial charge in [-0.3, -0.25) is 4.79 Å². The summed E-state index contributed by atoms with van der Waals surface area (Å²) in [5, 5.41) is 0.319. The van der Waals surface area contributed by atoms with Crippen LogP contribution in [0.1, 0.15) is 15.9 Å². The second kappa shape index (κ2) is 6.06. The summed E-state index contributed by atoms with van der Waals surface area (Å²) in [4.78, 5) is 11.2. The van der Waals surface area contributed by atoms with Crippen LogP contribution in [0.5, 0.6) is 5.75 Å². The van der Waals surface area contributed by atoms with E-state index in [0.29, 0.717) is 5.33 Å². The Morgan fingerprint density at radius 1 is 1.44 bits per heavy atom. The predicted molar refractivity (Wildman–Crippen MR) is 68.8 cm³/mol. The van der Waals surface area contributed by atoms with Crippen LogP contribution in [0.15, 0.2) is 18.2 Å². The number of hydrogen-bond acceptors (Lipinski definition) is 2. The van der Waals surface area contributed by atoms with E-state index in [0.717, 1.165) is 19.2 Å². The zero-order chi connectivity index (χ0) is 13.9.